The first-order valence-electron chi connectivity index (χ1n) is 8.52. The number of halogens is 4. The van der Waals surface area contributed by atoms with E-state index in [0.717, 1.165) is 18.3 Å². The van der Waals surface area contributed by atoms with Gasteiger partial charge in [0.05, 0.1) is 30.0 Å². The van der Waals surface area contributed by atoms with Crippen molar-refractivity contribution in [2.24, 2.45) is 5.73 Å². The molecule has 5 nitrogen and oxygen atoms in total. The van der Waals surface area contributed by atoms with E-state index in [1.54, 1.807) is 4.90 Å². The number of benzene rings is 1. The monoisotopic (exact) mass is 379 g/mol. The van der Waals surface area contributed by atoms with Crippen LogP contribution < -0.4 is 10.6 Å². The molecule has 1 fully saturated rings. The molecule has 9 heteroatoms. The predicted octanol–water partition coefficient (Wildman–Crippen LogP) is 2.77. The van der Waals surface area contributed by atoms with Crippen LogP contribution in [0.4, 0.5) is 23.5 Å². The lowest BCUT2D eigenvalue weighted by atomic mass is 10.1. The fraction of sp³-hybridized carbons (Fsp3) is 0.333. The molecule has 1 aromatic carbocycles. The maximum Gasteiger partial charge on any atom is 0.207 e. The molecule has 2 N–H and O–H groups in total. The summed E-state index contributed by atoms with van der Waals surface area (Å²) in [6.07, 6.45) is 0.164. The lowest BCUT2D eigenvalue weighted by Crippen LogP contribution is -2.50. The number of pyridine rings is 1. The first-order valence-corrected chi connectivity index (χ1v) is 8.52. The first-order chi connectivity index (χ1) is 12.9. The number of aromatic nitrogens is 3. The molecule has 0 saturated carbocycles. The Balaban J connectivity index is 1.82. The molecule has 142 valence electrons. The lowest BCUT2D eigenvalue weighted by molar-refractivity contribution is 0.243. The minimum absolute atomic E-state index is 0.0967. The van der Waals surface area contributed by atoms with E-state index in [0.29, 0.717) is 18.2 Å². The maximum atomic E-state index is 14.5. The second kappa shape index (κ2) is 6.80. The Bertz CT molecular complexity index is 972. The molecule has 2 aromatic heterocycles. The van der Waals surface area contributed by atoms with Crippen molar-refractivity contribution in [1.82, 2.24) is 14.5 Å². The quantitative estimate of drug-likeness (QED) is 0.711. The van der Waals surface area contributed by atoms with Gasteiger partial charge in [-0.25, -0.2) is 22.5 Å². The van der Waals surface area contributed by atoms with Gasteiger partial charge in [-0.3, -0.25) is 4.98 Å². The number of fused-ring (bicyclic) bond motifs is 1. The Kier molecular flexibility index (Phi) is 4.47. The summed E-state index contributed by atoms with van der Waals surface area (Å²) in [7, 11) is 0. The van der Waals surface area contributed by atoms with Crippen molar-refractivity contribution >= 4 is 17.0 Å². The van der Waals surface area contributed by atoms with Crippen LogP contribution in [0.25, 0.3) is 11.0 Å². The van der Waals surface area contributed by atoms with E-state index in [1.165, 1.54) is 16.7 Å². The van der Waals surface area contributed by atoms with Gasteiger partial charge in [0, 0.05) is 25.2 Å². The Labute approximate surface area is 152 Å². The summed E-state index contributed by atoms with van der Waals surface area (Å²) in [5.41, 5.74) is 6.55. The molecule has 3 aromatic rings. The highest BCUT2D eigenvalue weighted by molar-refractivity contribution is 5.80. The second-order valence-corrected chi connectivity index (χ2v) is 6.64. The zero-order valence-electron chi connectivity index (χ0n) is 14.2. The fourth-order valence-corrected chi connectivity index (χ4v) is 3.36. The smallest absolute Gasteiger partial charge is 0.207 e. The van der Waals surface area contributed by atoms with Gasteiger partial charge < -0.3 is 15.2 Å². The van der Waals surface area contributed by atoms with Crippen molar-refractivity contribution < 1.29 is 17.6 Å². The van der Waals surface area contributed by atoms with Crippen molar-refractivity contribution in [1.29, 1.82) is 0 Å². The summed E-state index contributed by atoms with van der Waals surface area (Å²) in [6.45, 7) is 0.643. The van der Waals surface area contributed by atoms with E-state index in [9.17, 15) is 17.6 Å². The van der Waals surface area contributed by atoms with Crippen molar-refractivity contribution in [2.45, 2.75) is 25.2 Å². The molecule has 4 rings (SSSR count). The zero-order chi connectivity index (χ0) is 19.1. The third-order valence-electron chi connectivity index (χ3n) is 4.70. The first kappa shape index (κ1) is 17.7. The molecular formula is C18H17F4N5. The SMILES string of the molecule is NC1CN(c2nc3cc(F)cc(F)c3n2Cc2ccc(F)cn2)CCC1F. The Hall–Kier alpha value is -2.68. The molecule has 27 heavy (non-hydrogen) atoms. The van der Waals surface area contributed by atoms with E-state index >= 15 is 0 Å². The summed E-state index contributed by atoms with van der Waals surface area (Å²) >= 11 is 0. The Morgan fingerprint density at radius 1 is 1.15 bits per heavy atom. The third kappa shape index (κ3) is 3.34. The van der Waals surface area contributed by atoms with Gasteiger partial charge in [0.25, 0.3) is 0 Å². The van der Waals surface area contributed by atoms with Crippen LogP contribution in [-0.4, -0.2) is 39.8 Å². The number of hydrogen-bond acceptors (Lipinski definition) is 4. The predicted molar refractivity (Wildman–Crippen MR) is 92.6 cm³/mol. The van der Waals surface area contributed by atoms with Gasteiger partial charge in [-0.05, 0) is 18.6 Å². The summed E-state index contributed by atoms with van der Waals surface area (Å²) < 4.78 is 56.6. The minimum Gasteiger partial charge on any atom is -0.340 e. The number of nitrogens with zero attached hydrogens (tertiary/aromatic N) is 4. The van der Waals surface area contributed by atoms with E-state index < -0.39 is 29.7 Å². The second-order valence-electron chi connectivity index (χ2n) is 6.64. The molecule has 0 radical (unpaired) electrons. The molecule has 2 atom stereocenters. The van der Waals surface area contributed by atoms with Crippen molar-refractivity contribution in [3.05, 3.63) is 53.6 Å². The van der Waals surface area contributed by atoms with Gasteiger partial charge >= 0.3 is 0 Å². The molecule has 2 unspecified atom stereocenters. The highest BCUT2D eigenvalue weighted by atomic mass is 19.1. The summed E-state index contributed by atoms with van der Waals surface area (Å²) in [6, 6.07) is 3.95. The number of alkyl halides is 1. The maximum absolute atomic E-state index is 14.5. The highest BCUT2D eigenvalue weighted by Gasteiger charge is 2.30. The number of anilines is 1. The lowest BCUT2D eigenvalue weighted by Gasteiger charge is -2.34. The van der Waals surface area contributed by atoms with Gasteiger partial charge in [0.1, 0.15) is 23.3 Å². The average Bonchev–Trinajstić information content (AvgIpc) is 2.97. The van der Waals surface area contributed by atoms with E-state index in [1.807, 2.05) is 0 Å². The number of nitrogens with two attached hydrogens (primary N) is 1. The number of imidazole rings is 1. The molecule has 0 amide bonds. The number of hydrogen-bond donors (Lipinski definition) is 1. The van der Waals surface area contributed by atoms with Crippen LogP contribution in [0.5, 0.6) is 0 Å². The molecule has 0 bridgehead atoms. The van der Waals surface area contributed by atoms with Crippen molar-refractivity contribution in [3.8, 4) is 0 Å². The zero-order valence-corrected chi connectivity index (χ0v) is 14.2. The molecule has 3 heterocycles. The van der Waals surface area contributed by atoms with Crippen LogP contribution in [0, 0.1) is 17.5 Å². The molecule has 0 aliphatic carbocycles. The molecule has 1 aliphatic rings. The van der Waals surface area contributed by atoms with E-state index in [2.05, 4.69) is 9.97 Å². The summed E-state index contributed by atoms with van der Waals surface area (Å²) in [4.78, 5) is 10.1. The molecule has 1 aliphatic heterocycles. The van der Waals surface area contributed by atoms with Crippen LogP contribution >= 0.6 is 0 Å². The number of rotatable bonds is 3. The van der Waals surface area contributed by atoms with Crippen molar-refractivity contribution in [3.63, 3.8) is 0 Å². The fourth-order valence-electron chi connectivity index (χ4n) is 3.36. The third-order valence-corrected chi connectivity index (χ3v) is 4.70. The van der Waals surface area contributed by atoms with E-state index in [4.69, 9.17) is 5.73 Å². The van der Waals surface area contributed by atoms with Crippen LogP contribution in [0.1, 0.15) is 12.1 Å². The van der Waals surface area contributed by atoms with Crippen LogP contribution in [-0.2, 0) is 6.54 Å². The standard InChI is InChI=1S/C18H17F4N5/c19-10-1-2-12(24-7-10)8-27-17-14(22)5-11(20)6-16(17)25-18(27)26-4-3-13(21)15(23)9-26/h1-2,5-7,13,15H,3-4,8-9,23H2. The summed E-state index contributed by atoms with van der Waals surface area (Å²) in [5, 5.41) is 0. The van der Waals surface area contributed by atoms with Gasteiger partial charge in [0.2, 0.25) is 5.95 Å². The largest absolute Gasteiger partial charge is 0.340 e. The van der Waals surface area contributed by atoms with Gasteiger partial charge in [-0.2, -0.15) is 0 Å². The van der Waals surface area contributed by atoms with Gasteiger partial charge in [-0.15, -0.1) is 0 Å². The highest BCUT2D eigenvalue weighted by Crippen LogP contribution is 2.29. The van der Waals surface area contributed by atoms with Crippen LogP contribution in [0.2, 0.25) is 0 Å². The van der Waals surface area contributed by atoms with Crippen LogP contribution in [0.3, 0.4) is 0 Å². The van der Waals surface area contributed by atoms with Crippen LogP contribution in [0.15, 0.2) is 30.5 Å². The molecule has 1 saturated heterocycles. The van der Waals surface area contributed by atoms with Gasteiger partial charge in [-0.1, -0.05) is 0 Å². The number of piperidine rings is 1. The normalized spacial score (nSPS) is 20.4. The average molecular weight is 379 g/mol. The topological polar surface area (TPSA) is 60.0 Å². The van der Waals surface area contributed by atoms with E-state index in [-0.39, 0.29) is 30.5 Å². The Morgan fingerprint density at radius 3 is 2.67 bits per heavy atom. The molecule has 0 spiro atoms. The van der Waals surface area contributed by atoms with Gasteiger partial charge in [0.15, 0.2) is 5.82 Å². The minimum atomic E-state index is -1.12. The molecular weight excluding hydrogens is 362 g/mol. The van der Waals surface area contributed by atoms with Crippen molar-refractivity contribution in [2.75, 3.05) is 18.0 Å². The Morgan fingerprint density at radius 2 is 1.96 bits per heavy atom. The summed E-state index contributed by atoms with van der Waals surface area (Å²) in [5.74, 6) is -1.65.